The van der Waals surface area contributed by atoms with Crippen molar-refractivity contribution in [3.63, 3.8) is 0 Å². The second-order valence-corrected chi connectivity index (χ2v) is 4.93. The second kappa shape index (κ2) is 7.38. The number of ether oxygens (including phenoxy) is 2. The van der Waals surface area contributed by atoms with E-state index >= 15 is 0 Å². The Labute approximate surface area is 145 Å². The first-order valence-corrected chi connectivity index (χ1v) is 7.06. The minimum Gasteiger partial charge on any atom is -0.504 e. The highest BCUT2D eigenvalue weighted by molar-refractivity contribution is 5.94. The molecule has 0 saturated carbocycles. The molecule has 2 aromatic rings. The van der Waals surface area contributed by atoms with Crippen molar-refractivity contribution in [3.8, 4) is 34.5 Å². The van der Waals surface area contributed by atoms with Gasteiger partial charge < -0.3 is 40.1 Å². The summed E-state index contributed by atoms with van der Waals surface area (Å²) < 4.78 is 9.48. The summed E-state index contributed by atoms with van der Waals surface area (Å²) in [5.74, 6) is -6.82. The molecule has 0 aliphatic heterocycles. The quantitative estimate of drug-likeness (QED) is 0.254. The summed E-state index contributed by atoms with van der Waals surface area (Å²) in [7, 11) is 0. The van der Waals surface area contributed by atoms with Crippen LogP contribution in [0.3, 0.4) is 0 Å². The van der Waals surface area contributed by atoms with Gasteiger partial charge in [0.05, 0.1) is 0 Å². The molecule has 2 rings (SSSR count). The van der Waals surface area contributed by atoms with Crippen LogP contribution in [0.5, 0.6) is 34.5 Å². The summed E-state index contributed by atoms with van der Waals surface area (Å²) in [6, 6.07) is 4.00. The molecule has 26 heavy (non-hydrogen) atoms. The number of carbonyl (C=O) groups excluding carboxylic acids is 2. The fraction of sp³-hybridized carbons (Fsp3) is 0.125. The number of phenolic OH excluding ortho intramolecular Hbond substituents is 6. The lowest BCUT2D eigenvalue weighted by Crippen LogP contribution is -2.14. The van der Waals surface area contributed by atoms with Gasteiger partial charge in [0.2, 0.25) is 11.5 Å². The molecule has 0 bridgehead atoms. The number of rotatable bonds is 5. The summed E-state index contributed by atoms with van der Waals surface area (Å²) in [5.41, 5.74) is -0.819. The summed E-state index contributed by atoms with van der Waals surface area (Å²) in [6.07, 6.45) is 0. The molecule has 0 spiro atoms. The van der Waals surface area contributed by atoms with Gasteiger partial charge in [-0.2, -0.15) is 0 Å². The van der Waals surface area contributed by atoms with Gasteiger partial charge in [-0.1, -0.05) is 0 Å². The smallest absolute Gasteiger partial charge is 0.342 e. The van der Waals surface area contributed by atoms with Crippen LogP contribution in [-0.2, 0) is 9.47 Å². The van der Waals surface area contributed by atoms with E-state index in [4.69, 9.17) is 9.47 Å². The number of carbonyl (C=O) groups is 2. The van der Waals surface area contributed by atoms with E-state index in [9.17, 15) is 40.2 Å². The molecular weight excluding hydrogens is 352 g/mol. The Hall–Kier alpha value is -3.82. The predicted octanol–water partition coefficient (Wildman–Crippen LogP) is 0.934. The van der Waals surface area contributed by atoms with Crippen molar-refractivity contribution < 1.29 is 49.7 Å². The highest BCUT2D eigenvalue weighted by atomic mass is 16.6. The van der Waals surface area contributed by atoms with E-state index in [0.29, 0.717) is 0 Å². The van der Waals surface area contributed by atoms with Gasteiger partial charge >= 0.3 is 11.9 Å². The third kappa shape index (κ3) is 3.64. The zero-order chi connectivity index (χ0) is 19.4. The highest BCUT2D eigenvalue weighted by Crippen LogP contribution is 2.38. The maximum absolute atomic E-state index is 11.8. The molecule has 0 fully saturated rings. The third-order valence-corrected chi connectivity index (χ3v) is 3.25. The fourth-order valence-corrected chi connectivity index (χ4v) is 1.89. The van der Waals surface area contributed by atoms with Crippen LogP contribution in [0, 0.1) is 0 Å². The molecule has 0 aliphatic rings. The van der Waals surface area contributed by atoms with E-state index < -0.39 is 70.8 Å². The van der Waals surface area contributed by atoms with Crippen LogP contribution in [0.4, 0.5) is 0 Å². The fourth-order valence-electron chi connectivity index (χ4n) is 1.89. The van der Waals surface area contributed by atoms with Crippen molar-refractivity contribution in [2.24, 2.45) is 0 Å². The summed E-state index contributed by atoms with van der Waals surface area (Å²) in [5, 5.41) is 56.1. The molecule has 0 unspecified atom stereocenters. The molecule has 0 aliphatic carbocycles. The molecule has 0 heterocycles. The Morgan fingerprint density at radius 1 is 0.615 bits per heavy atom. The van der Waals surface area contributed by atoms with Crippen LogP contribution >= 0.6 is 0 Å². The predicted molar refractivity (Wildman–Crippen MR) is 83.4 cm³/mol. The van der Waals surface area contributed by atoms with E-state index in [1.165, 1.54) is 0 Å². The first-order chi connectivity index (χ1) is 12.2. The maximum Gasteiger partial charge on any atom is 0.342 e. The zero-order valence-corrected chi connectivity index (χ0v) is 13.0. The summed E-state index contributed by atoms with van der Waals surface area (Å²) in [4.78, 5) is 23.5. The average molecular weight is 366 g/mol. The number of hydrogen-bond donors (Lipinski definition) is 6. The van der Waals surface area contributed by atoms with Crippen LogP contribution in [0.1, 0.15) is 20.7 Å². The largest absolute Gasteiger partial charge is 0.504 e. The van der Waals surface area contributed by atoms with Crippen LogP contribution in [-0.4, -0.2) is 55.8 Å². The Bertz CT molecular complexity index is 787. The molecule has 0 amide bonds. The lowest BCUT2D eigenvalue weighted by molar-refractivity contribution is 0.0261. The Balaban J connectivity index is 1.91. The first kappa shape index (κ1) is 18.5. The second-order valence-electron chi connectivity index (χ2n) is 4.93. The first-order valence-electron chi connectivity index (χ1n) is 7.06. The van der Waals surface area contributed by atoms with Gasteiger partial charge in [0.15, 0.2) is 23.0 Å². The van der Waals surface area contributed by atoms with Crippen molar-refractivity contribution in [3.05, 3.63) is 35.4 Å². The standard InChI is InChI=1S/C16H14O10/c17-9-3-1-7(11(19)13(9)21)15(23)25-5-6-26-16(24)8-2-4-10(18)14(22)12(8)20/h1-4,17-22H,5-6H2. The van der Waals surface area contributed by atoms with Crippen LogP contribution in [0.15, 0.2) is 24.3 Å². The van der Waals surface area contributed by atoms with E-state index in [2.05, 4.69) is 0 Å². The molecule has 6 N–H and O–H groups in total. The van der Waals surface area contributed by atoms with Crippen LogP contribution in [0.25, 0.3) is 0 Å². The monoisotopic (exact) mass is 366 g/mol. The lowest BCUT2D eigenvalue weighted by atomic mass is 10.1. The minimum absolute atomic E-state index is 0.410. The third-order valence-electron chi connectivity index (χ3n) is 3.25. The molecule has 2 aromatic carbocycles. The highest BCUT2D eigenvalue weighted by Gasteiger charge is 2.20. The van der Waals surface area contributed by atoms with Gasteiger partial charge in [-0.05, 0) is 24.3 Å². The van der Waals surface area contributed by atoms with Gasteiger partial charge in [-0.15, -0.1) is 0 Å². The molecule has 10 nitrogen and oxygen atoms in total. The van der Waals surface area contributed by atoms with E-state index in [1.807, 2.05) is 0 Å². The summed E-state index contributed by atoms with van der Waals surface area (Å²) in [6.45, 7) is -0.840. The van der Waals surface area contributed by atoms with E-state index in [0.717, 1.165) is 24.3 Å². The lowest BCUT2D eigenvalue weighted by Gasteiger charge is -2.10. The van der Waals surface area contributed by atoms with Gasteiger partial charge in [-0.3, -0.25) is 0 Å². The van der Waals surface area contributed by atoms with Gasteiger partial charge in [0, 0.05) is 0 Å². The average Bonchev–Trinajstić information content (AvgIpc) is 2.61. The molecule has 0 aromatic heterocycles. The molecule has 0 saturated heterocycles. The number of benzene rings is 2. The van der Waals surface area contributed by atoms with Gasteiger partial charge in [0.1, 0.15) is 24.3 Å². The number of aromatic hydroxyl groups is 6. The summed E-state index contributed by atoms with van der Waals surface area (Å²) >= 11 is 0. The number of esters is 2. The van der Waals surface area contributed by atoms with Gasteiger partial charge in [0.25, 0.3) is 0 Å². The minimum atomic E-state index is -1.04. The van der Waals surface area contributed by atoms with Gasteiger partial charge in [-0.25, -0.2) is 9.59 Å². The molecule has 138 valence electrons. The molecule has 0 atom stereocenters. The molecule has 0 radical (unpaired) electrons. The van der Waals surface area contributed by atoms with Crippen molar-refractivity contribution >= 4 is 11.9 Å². The van der Waals surface area contributed by atoms with Crippen molar-refractivity contribution in [1.29, 1.82) is 0 Å². The van der Waals surface area contributed by atoms with Crippen LogP contribution < -0.4 is 0 Å². The topological polar surface area (TPSA) is 174 Å². The maximum atomic E-state index is 11.8. The Morgan fingerprint density at radius 3 is 1.31 bits per heavy atom. The van der Waals surface area contributed by atoms with Crippen molar-refractivity contribution in [1.82, 2.24) is 0 Å². The number of phenols is 6. The van der Waals surface area contributed by atoms with E-state index in [1.54, 1.807) is 0 Å². The Morgan fingerprint density at radius 2 is 0.962 bits per heavy atom. The molecule has 10 heteroatoms. The van der Waals surface area contributed by atoms with Crippen LogP contribution in [0.2, 0.25) is 0 Å². The SMILES string of the molecule is O=C(OCCOC(=O)c1ccc(O)c(O)c1O)c1ccc(O)c(O)c1O. The Kier molecular flexibility index (Phi) is 5.26. The zero-order valence-electron chi connectivity index (χ0n) is 13.0. The van der Waals surface area contributed by atoms with Crippen molar-refractivity contribution in [2.75, 3.05) is 13.2 Å². The molecular formula is C16H14O10. The normalized spacial score (nSPS) is 10.3. The van der Waals surface area contributed by atoms with E-state index in [-0.39, 0.29) is 0 Å². The number of hydrogen-bond acceptors (Lipinski definition) is 10. The van der Waals surface area contributed by atoms with Crippen molar-refractivity contribution in [2.45, 2.75) is 0 Å².